The molecule has 0 aliphatic carbocycles. The Bertz CT molecular complexity index is 867. The molecule has 7 nitrogen and oxygen atoms in total. The first-order chi connectivity index (χ1) is 15.0. The largest absolute Gasteiger partial charge is 0.497 e. The van der Waals surface area contributed by atoms with Crippen molar-refractivity contribution in [3.63, 3.8) is 0 Å². The van der Waals surface area contributed by atoms with Gasteiger partial charge in [-0.1, -0.05) is 6.92 Å². The molecule has 1 fully saturated rings. The predicted octanol–water partition coefficient (Wildman–Crippen LogP) is 3.30. The number of hydrogen-bond donors (Lipinski definition) is 2. The van der Waals surface area contributed by atoms with Crippen molar-refractivity contribution in [2.24, 2.45) is 5.92 Å². The van der Waals surface area contributed by atoms with Crippen molar-refractivity contribution in [3.05, 3.63) is 59.7 Å². The molecule has 1 aromatic carbocycles. The number of nitrogens with zero attached hydrogens (tertiary/aromatic N) is 1. The lowest BCUT2D eigenvalue weighted by Gasteiger charge is -2.30. The number of ether oxygens (including phenoxy) is 1. The molecule has 166 valence electrons. The molecule has 2 N–H and O–H groups in total. The van der Waals surface area contributed by atoms with Gasteiger partial charge in [-0.25, -0.2) is 0 Å². The summed E-state index contributed by atoms with van der Waals surface area (Å²) >= 11 is 0. The monoisotopic (exact) mass is 425 g/mol. The van der Waals surface area contributed by atoms with Gasteiger partial charge in [-0.05, 0) is 81.2 Å². The summed E-state index contributed by atoms with van der Waals surface area (Å²) in [7, 11) is 1.56. The summed E-state index contributed by atoms with van der Waals surface area (Å²) in [6.45, 7) is 6.04. The van der Waals surface area contributed by atoms with Gasteiger partial charge in [0, 0.05) is 18.2 Å². The van der Waals surface area contributed by atoms with E-state index in [9.17, 15) is 9.59 Å². The van der Waals surface area contributed by atoms with Crippen LogP contribution in [0.2, 0.25) is 0 Å². The number of furan rings is 1. The maximum Gasteiger partial charge on any atom is 0.267 e. The second-order valence-electron chi connectivity index (χ2n) is 7.89. The lowest BCUT2D eigenvalue weighted by atomic mass is 9.99. The molecule has 0 bridgehead atoms. The van der Waals surface area contributed by atoms with Crippen LogP contribution in [0.25, 0.3) is 6.08 Å². The highest BCUT2D eigenvalue weighted by Gasteiger charge is 2.17. The third-order valence-electron chi connectivity index (χ3n) is 5.49. The molecule has 1 aliphatic rings. The van der Waals surface area contributed by atoms with E-state index >= 15 is 0 Å². The van der Waals surface area contributed by atoms with Crippen molar-refractivity contribution >= 4 is 17.9 Å². The van der Waals surface area contributed by atoms with Gasteiger partial charge in [0.2, 0.25) is 0 Å². The molecule has 3 rings (SSSR count). The molecule has 1 saturated heterocycles. The first-order valence-corrected chi connectivity index (χ1v) is 10.8. The maximum absolute atomic E-state index is 12.8. The van der Waals surface area contributed by atoms with E-state index in [-0.39, 0.29) is 17.5 Å². The van der Waals surface area contributed by atoms with Crippen molar-refractivity contribution in [3.8, 4) is 5.75 Å². The third-order valence-corrected chi connectivity index (χ3v) is 5.49. The standard InChI is InChI=1S/C24H31N3O4/c1-18-10-14-27(15-11-18)13-4-12-25-24(29)22(17-21-5-3-16-31-21)26-23(28)19-6-8-20(30-2)9-7-19/h3,5-9,16-18H,4,10-15H2,1-2H3,(H,25,29)(H,26,28)/b22-17-. The van der Waals surface area contributed by atoms with Crippen LogP contribution < -0.4 is 15.4 Å². The van der Waals surface area contributed by atoms with Crippen molar-refractivity contribution in [2.45, 2.75) is 26.2 Å². The van der Waals surface area contributed by atoms with E-state index in [0.29, 0.717) is 23.6 Å². The second-order valence-corrected chi connectivity index (χ2v) is 7.89. The molecular weight excluding hydrogens is 394 g/mol. The number of nitrogens with one attached hydrogen (secondary N) is 2. The number of benzene rings is 1. The fourth-order valence-electron chi connectivity index (χ4n) is 3.50. The molecular formula is C24H31N3O4. The van der Waals surface area contributed by atoms with Crippen LogP contribution in [-0.2, 0) is 4.79 Å². The third kappa shape index (κ3) is 7.00. The predicted molar refractivity (Wildman–Crippen MR) is 120 cm³/mol. The summed E-state index contributed by atoms with van der Waals surface area (Å²) in [6, 6.07) is 10.2. The zero-order chi connectivity index (χ0) is 22.1. The number of methoxy groups -OCH3 is 1. The van der Waals surface area contributed by atoms with Crippen molar-refractivity contribution in [1.29, 1.82) is 0 Å². The highest BCUT2D eigenvalue weighted by Crippen LogP contribution is 2.16. The average molecular weight is 426 g/mol. The van der Waals surface area contributed by atoms with E-state index < -0.39 is 0 Å². The average Bonchev–Trinajstić information content (AvgIpc) is 3.30. The van der Waals surface area contributed by atoms with Gasteiger partial charge in [-0.2, -0.15) is 0 Å². The first kappa shape index (κ1) is 22.6. The van der Waals surface area contributed by atoms with Crippen molar-refractivity contribution in [2.75, 3.05) is 33.3 Å². The Morgan fingerprint density at radius 3 is 2.58 bits per heavy atom. The Balaban J connectivity index is 1.56. The van der Waals surface area contributed by atoms with E-state index in [1.165, 1.54) is 25.2 Å². The Morgan fingerprint density at radius 1 is 1.19 bits per heavy atom. The maximum atomic E-state index is 12.8. The van der Waals surface area contributed by atoms with Crippen LogP contribution in [0.15, 0.2) is 52.8 Å². The van der Waals surface area contributed by atoms with Crippen LogP contribution in [0.1, 0.15) is 42.3 Å². The van der Waals surface area contributed by atoms with Gasteiger partial charge in [-0.3, -0.25) is 9.59 Å². The fourth-order valence-corrected chi connectivity index (χ4v) is 3.50. The number of amides is 2. The van der Waals surface area contributed by atoms with Gasteiger partial charge in [0.05, 0.1) is 13.4 Å². The fraction of sp³-hybridized carbons (Fsp3) is 0.417. The Labute approximate surface area is 183 Å². The summed E-state index contributed by atoms with van der Waals surface area (Å²) < 4.78 is 10.4. The molecule has 2 aromatic rings. The van der Waals surface area contributed by atoms with E-state index in [1.807, 2.05) is 0 Å². The molecule has 0 saturated carbocycles. The van der Waals surface area contributed by atoms with Crippen LogP contribution >= 0.6 is 0 Å². The first-order valence-electron chi connectivity index (χ1n) is 10.8. The van der Waals surface area contributed by atoms with Crippen LogP contribution in [-0.4, -0.2) is 50.0 Å². The summed E-state index contributed by atoms with van der Waals surface area (Å²) in [6.07, 6.45) is 6.38. The van der Waals surface area contributed by atoms with E-state index in [1.54, 1.807) is 43.5 Å². The molecule has 0 atom stereocenters. The molecule has 7 heteroatoms. The number of likely N-dealkylation sites (tertiary alicyclic amines) is 1. The summed E-state index contributed by atoms with van der Waals surface area (Å²) in [4.78, 5) is 27.8. The smallest absolute Gasteiger partial charge is 0.267 e. The zero-order valence-electron chi connectivity index (χ0n) is 18.2. The van der Waals surface area contributed by atoms with Crippen molar-refractivity contribution in [1.82, 2.24) is 15.5 Å². The number of rotatable bonds is 9. The number of carbonyl (C=O) groups excluding carboxylic acids is 2. The van der Waals surface area contributed by atoms with Crippen LogP contribution in [0.5, 0.6) is 5.75 Å². The number of carbonyl (C=O) groups is 2. The highest BCUT2D eigenvalue weighted by atomic mass is 16.5. The number of hydrogen-bond acceptors (Lipinski definition) is 5. The van der Waals surface area contributed by atoms with E-state index in [4.69, 9.17) is 9.15 Å². The lowest BCUT2D eigenvalue weighted by Crippen LogP contribution is -2.37. The lowest BCUT2D eigenvalue weighted by molar-refractivity contribution is -0.117. The van der Waals surface area contributed by atoms with Crippen molar-refractivity contribution < 1.29 is 18.7 Å². The number of piperidine rings is 1. The summed E-state index contributed by atoms with van der Waals surface area (Å²) in [5.41, 5.74) is 0.570. The minimum Gasteiger partial charge on any atom is -0.497 e. The molecule has 1 aromatic heterocycles. The second kappa shape index (κ2) is 11.4. The highest BCUT2D eigenvalue weighted by molar-refractivity contribution is 6.05. The van der Waals surface area contributed by atoms with E-state index in [0.717, 1.165) is 32.0 Å². The molecule has 31 heavy (non-hydrogen) atoms. The van der Waals surface area contributed by atoms with Crippen LogP contribution in [0.3, 0.4) is 0 Å². The Morgan fingerprint density at radius 2 is 1.94 bits per heavy atom. The normalized spacial score (nSPS) is 15.5. The molecule has 0 unspecified atom stereocenters. The Kier molecular flexibility index (Phi) is 8.29. The topological polar surface area (TPSA) is 83.8 Å². The quantitative estimate of drug-likeness (QED) is 0.476. The summed E-state index contributed by atoms with van der Waals surface area (Å²) in [5, 5.41) is 5.61. The molecule has 2 heterocycles. The van der Waals surface area contributed by atoms with Gasteiger partial charge >= 0.3 is 0 Å². The SMILES string of the molecule is COc1ccc(C(=O)N/C(=C\c2ccco2)C(=O)NCCCN2CCC(C)CC2)cc1. The van der Waals surface area contributed by atoms with Crippen LogP contribution in [0.4, 0.5) is 0 Å². The van der Waals surface area contributed by atoms with Gasteiger partial charge in [-0.15, -0.1) is 0 Å². The molecule has 1 aliphatic heterocycles. The zero-order valence-corrected chi connectivity index (χ0v) is 18.2. The summed E-state index contributed by atoms with van der Waals surface area (Å²) in [5.74, 6) is 1.23. The molecule has 0 radical (unpaired) electrons. The van der Waals surface area contributed by atoms with Crippen LogP contribution in [0, 0.1) is 5.92 Å². The van der Waals surface area contributed by atoms with Gasteiger partial charge in [0.1, 0.15) is 17.2 Å². The Hall–Kier alpha value is -3.06. The van der Waals surface area contributed by atoms with E-state index in [2.05, 4.69) is 22.5 Å². The minimum absolute atomic E-state index is 0.141. The molecule has 0 spiro atoms. The van der Waals surface area contributed by atoms with Gasteiger partial charge < -0.3 is 24.7 Å². The van der Waals surface area contributed by atoms with Gasteiger partial charge in [0.15, 0.2) is 0 Å². The minimum atomic E-state index is -0.377. The molecule has 2 amide bonds. The van der Waals surface area contributed by atoms with Gasteiger partial charge in [0.25, 0.3) is 11.8 Å².